The first kappa shape index (κ1) is 14.2. The van der Waals surface area contributed by atoms with Crippen LogP contribution in [0.1, 0.15) is 5.56 Å². The van der Waals surface area contributed by atoms with Gasteiger partial charge in [-0.15, -0.1) is 0 Å². The molecule has 0 unspecified atom stereocenters. The molecule has 2 aromatic heterocycles. The zero-order valence-corrected chi connectivity index (χ0v) is 12.1. The Morgan fingerprint density at radius 2 is 2.09 bits per heavy atom. The summed E-state index contributed by atoms with van der Waals surface area (Å²) in [5.41, 5.74) is 0.904. The molecule has 110 valence electrons. The molecule has 3 rings (SSSR count). The lowest BCUT2D eigenvalue weighted by molar-refractivity contribution is -0.384. The van der Waals surface area contributed by atoms with Crippen LogP contribution < -0.4 is 5.56 Å². The van der Waals surface area contributed by atoms with Gasteiger partial charge in [-0.25, -0.2) is 4.98 Å². The van der Waals surface area contributed by atoms with Gasteiger partial charge in [-0.3, -0.25) is 19.5 Å². The van der Waals surface area contributed by atoms with E-state index in [0.29, 0.717) is 22.3 Å². The molecule has 7 nitrogen and oxygen atoms in total. The summed E-state index contributed by atoms with van der Waals surface area (Å²) in [4.78, 5) is 30.7. The number of nitro groups is 1. The Balaban J connectivity index is 2.40. The summed E-state index contributed by atoms with van der Waals surface area (Å²) in [5, 5.41) is 11.6. The van der Waals surface area contributed by atoms with E-state index in [4.69, 9.17) is 11.6 Å². The van der Waals surface area contributed by atoms with Gasteiger partial charge in [0.15, 0.2) is 5.65 Å². The smallest absolute Gasteiger partial charge is 0.269 e. The van der Waals surface area contributed by atoms with Gasteiger partial charge in [0.1, 0.15) is 0 Å². The molecule has 0 aliphatic rings. The molecule has 0 radical (unpaired) electrons. The second kappa shape index (κ2) is 5.19. The molecule has 0 saturated heterocycles. The molecular weight excluding hydrogens is 308 g/mol. The van der Waals surface area contributed by atoms with E-state index in [0.717, 1.165) is 0 Å². The van der Waals surface area contributed by atoms with Crippen LogP contribution in [0.4, 0.5) is 5.69 Å². The summed E-state index contributed by atoms with van der Waals surface area (Å²) in [6.07, 6.45) is 1.52. The number of rotatable bonds is 2. The summed E-state index contributed by atoms with van der Waals surface area (Å²) in [7, 11) is 0. The highest BCUT2D eigenvalue weighted by Crippen LogP contribution is 2.21. The first-order valence-electron chi connectivity index (χ1n) is 6.27. The van der Waals surface area contributed by atoms with Gasteiger partial charge in [0, 0.05) is 29.8 Å². The number of aromatic nitrogens is 3. The van der Waals surface area contributed by atoms with E-state index < -0.39 is 4.92 Å². The third-order valence-corrected chi connectivity index (χ3v) is 3.42. The first-order chi connectivity index (χ1) is 10.5. The number of nitro benzene ring substituents is 1. The number of fused-ring (bicyclic) bond motifs is 1. The van der Waals surface area contributed by atoms with Crippen LogP contribution in [0.15, 0.2) is 41.3 Å². The van der Waals surface area contributed by atoms with Gasteiger partial charge in [0.2, 0.25) is 5.28 Å². The average Bonchev–Trinajstić information content (AvgIpc) is 2.47. The lowest BCUT2D eigenvalue weighted by Gasteiger charge is -2.10. The minimum atomic E-state index is -0.521. The zero-order chi connectivity index (χ0) is 15.9. The largest absolute Gasteiger partial charge is 0.271 e. The molecule has 22 heavy (non-hydrogen) atoms. The van der Waals surface area contributed by atoms with E-state index >= 15 is 0 Å². The van der Waals surface area contributed by atoms with Crippen molar-refractivity contribution in [2.45, 2.75) is 6.92 Å². The average molecular weight is 317 g/mol. The second-order valence-electron chi connectivity index (χ2n) is 4.65. The van der Waals surface area contributed by atoms with E-state index in [1.807, 2.05) is 0 Å². The SMILES string of the molecule is Cc1cc(=O)n(-c2cccc([N+](=O)[O-])c2)c2nc(Cl)ncc12. The van der Waals surface area contributed by atoms with E-state index in [1.165, 1.54) is 35.0 Å². The van der Waals surface area contributed by atoms with Crippen LogP contribution in [0, 0.1) is 17.0 Å². The van der Waals surface area contributed by atoms with Crippen molar-refractivity contribution < 1.29 is 4.92 Å². The topological polar surface area (TPSA) is 90.9 Å². The Labute approximate surface area is 129 Å². The number of hydrogen-bond acceptors (Lipinski definition) is 5. The molecule has 2 heterocycles. The van der Waals surface area contributed by atoms with Crippen molar-refractivity contribution in [3.63, 3.8) is 0 Å². The maximum Gasteiger partial charge on any atom is 0.271 e. The van der Waals surface area contributed by atoms with E-state index in [1.54, 1.807) is 13.0 Å². The number of nitrogens with zero attached hydrogens (tertiary/aromatic N) is 4. The summed E-state index contributed by atoms with van der Waals surface area (Å²) < 4.78 is 1.28. The minimum Gasteiger partial charge on any atom is -0.269 e. The second-order valence-corrected chi connectivity index (χ2v) is 4.99. The van der Waals surface area contributed by atoms with Crippen molar-refractivity contribution in [1.82, 2.24) is 14.5 Å². The number of benzene rings is 1. The highest BCUT2D eigenvalue weighted by molar-refractivity contribution is 6.28. The minimum absolute atomic E-state index is 0.00307. The molecule has 0 atom stereocenters. The highest BCUT2D eigenvalue weighted by Gasteiger charge is 2.13. The van der Waals surface area contributed by atoms with Gasteiger partial charge in [-0.1, -0.05) is 6.07 Å². The van der Waals surface area contributed by atoms with Crippen molar-refractivity contribution in [2.24, 2.45) is 0 Å². The van der Waals surface area contributed by atoms with Crippen molar-refractivity contribution in [3.05, 3.63) is 67.8 Å². The Morgan fingerprint density at radius 1 is 1.32 bits per heavy atom. The molecule has 1 aromatic carbocycles. The van der Waals surface area contributed by atoms with Crippen molar-refractivity contribution >= 4 is 28.3 Å². The van der Waals surface area contributed by atoms with Crippen LogP contribution >= 0.6 is 11.6 Å². The molecule has 0 saturated carbocycles. The molecule has 0 bridgehead atoms. The normalized spacial score (nSPS) is 10.8. The molecule has 0 N–H and O–H groups in total. The van der Waals surface area contributed by atoms with E-state index in [9.17, 15) is 14.9 Å². The number of pyridine rings is 1. The van der Waals surface area contributed by atoms with Crippen molar-refractivity contribution in [2.75, 3.05) is 0 Å². The standard InChI is InChI=1S/C14H9ClN4O3/c1-8-5-12(20)18(13-11(8)7-16-14(15)17-13)9-3-2-4-10(6-9)19(21)22/h2-7H,1H3. The fourth-order valence-corrected chi connectivity index (χ4v) is 2.36. The highest BCUT2D eigenvalue weighted by atomic mass is 35.5. The van der Waals surface area contributed by atoms with Crippen LogP contribution in [0.25, 0.3) is 16.7 Å². The third-order valence-electron chi connectivity index (χ3n) is 3.24. The van der Waals surface area contributed by atoms with Gasteiger partial charge in [0.25, 0.3) is 11.2 Å². The molecular formula is C14H9ClN4O3. The monoisotopic (exact) mass is 316 g/mol. The van der Waals surface area contributed by atoms with Gasteiger partial charge in [-0.2, -0.15) is 4.98 Å². The fraction of sp³-hybridized carbons (Fsp3) is 0.0714. The van der Waals surface area contributed by atoms with E-state index in [2.05, 4.69) is 9.97 Å². The van der Waals surface area contributed by atoms with Crippen LogP contribution in [0.2, 0.25) is 5.28 Å². The Bertz CT molecular complexity index is 968. The molecule has 0 aliphatic heterocycles. The number of non-ortho nitro benzene ring substituents is 1. The third kappa shape index (κ3) is 2.31. The summed E-state index contributed by atoms with van der Waals surface area (Å²) in [6, 6.07) is 7.20. The predicted molar refractivity (Wildman–Crippen MR) is 81.5 cm³/mol. The van der Waals surface area contributed by atoms with Gasteiger partial charge in [-0.05, 0) is 30.2 Å². The van der Waals surface area contributed by atoms with Crippen LogP contribution in [0.5, 0.6) is 0 Å². The maximum atomic E-state index is 12.3. The summed E-state index contributed by atoms with van der Waals surface area (Å²) in [6.45, 7) is 1.76. The maximum absolute atomic E-state index is 12.3. The number of aryl methyl sites for hydroxylation is 1. The van der Waals surface area contributed by atoms with Crippen LogP contribution in [0.3, 0.4) is 0 Å². The molecule has 0 spiro atoms. The lowest BCUT2D eigenvalue weighted by atomic mass is 10.2. The van der Waals surface area contributed by atoms with Gasteiger partial charge < -0.3 is 0 Å². The van der Waals surface area contributed by atoms with E-state index in [-0.39, 0.29) is 16.5 Å². The predicted octanol–water partition coefficient (Wildman–Crippen LogP) is 2.65. The number of halogens is 1. The van der Waals surface area contributed by atoms with Crippen molar-refractivity contribution in [3.8, 4) is 5.69 Å². The molecule has 3 aromatic rings. The quantitative estimate of drug-likeness (QED) is 0.412. The number of hydrogen-bond donors (Lipinski definition) is 0. The molecule has 8 heteroatoms. The van der Waals surface area contributed by atoms with Crippen LogP contribution in [-0.2, 0) is 0 Å². The molecule has 0 amide bonds. The van der Waals surface area contributed by atoms with Gasteiger partial charge >= 0.3 is 0 Å². The first-order valence-corrected chi connectivity index (χ1v) is 6.65. The summed E-state index contributed by atoms with van der Waals surface area (Å²) in [5.74, 6) is 0. The lowest BCUT2D eigenvalue weighted by Crippen LogP contribution is -2.19. The molecule has 0 aliphatic carbocycles. The Morgan fingerprint density at radius 3 is 2.82 bits per heavy atom. The molecule has 0 fully saturated rings. The Kier molecular flexibility index (Phi) is 3.34. The van der Waals surface area contributed by atoms with Crippen LogP contribution in [-0.4, -0.2) is 19.5 Å². The summed E-state index contributed by atoms with van der Waals surface area (Å²) >= 11 is 5.82. The Hall–Kier alpha value is -2.80. The zero-order valence-electron chi connectivity index (χ0n) is 11.4. The van der Waals surface area contributed by atoms with Gasteiger partial charge in [0.05, 0.1) is 10.6 Å². The van der Waals surface area contributed by atoms with Crippen molar-refractivity contribution in [1.29, 1.82) is 0 Å². The fourth-order valence-electron chi connectivity index (χ4n) is 2.23.